The molecule has 5 heteroatoms. The number of thiophene rings is 1. The summed E-state index contributed by atoms with van der Waals surface area (Å²) in [6, 6.07) is 7.78. The van der Waals surface area contributed by atoms with Gasteiger partial charge in [0.2, 0.25) is 0 Å². The Hall–Kier alpha value is -2.14. The molecule has 0 unspecified atom stereocenters. The van der Waals surface area contributed by atoms with E-state index in [2.05, 4.69) is 18.3 Å². The molecular formula is C20H29NO3S. The Morgan fingerprint density at radius 3 is 2.52 bits per heavy atom. The Kier molecular flexibility index (Phi) is 13.0. The highest BCUT2D eigenvalue weighted by atomic mass is 32.1. The molecule has 0 fully saturated rings. The van der Waals surface area contributed by atoms with Crippen molar-refractivity contribution in [3.63, 3.8) is 0 Å². The number of carboxylic acids is 1. The summed E-state index contributed by atoms with van der Waals surface area (Å²) in [5.41, 5.74) is 0.759. The van der Waals surface area contributed by atoms with Crippen LogP contribution in [-0.2, 0) is 4.79 Å². The first-order chi connectivity index (χ1) is 12.1. The average molecular weight is 364 g/mol. The van der Waals surface area contributed by atoms with E-state index in [1.165, 1.54) is 0 Å². The summed E-state index contributed by atoms with van der Waals surface area (Å²) in [5.74, 6) is -0.724. The van der Waals surface area contributed by atoms with Crippen LogP contribution in [-0.4, -0.2) is 24.0 Å². The van der Waals surface area contributed by atoms with Crippen molar-refractivity contribution >= 4 is 33.3 Å². The minimum atomic E-state index is -0.704. The number of carbonyl (C=O) groups is 2. The summed E-state index contributed by atoms with van der Waals surface area (Å²) >= 11 is 1.60. The topological polar surface area (TPSA) is 66.4 Å². The molecule has 0 aliphatic carbocycles. The summed E-state index contributed by atoms with van der Waals surface area (Å²) < 4.78 is 1.06. The van der Waals surface area contributed by atoms with Gasteiger partial charge in [-0.05, 0) is 42.2 Å². The van der Waals surface area contributed by atoms with Crippen LogP contribution in [0.3, 0.4) is 0 Å². The van der Waals surface area contributed by atoms with Crippen molar-refractivity contribution in [2.24, 2.45) is 0 Å². The van der Waals surface area contributed by atoms with Gasteiger partial charge in [0, 0.05) is 18.2 Å². The van der Waals surface area contributed by atoms with E-state index in [1.54, 1.807) is 18.4 Å². The number of nitrogens with one attached hydrogen (secondary N) is 1. The van der Waals surface area contributed by atoms with Crippen molar-refractivity contribution in [1.82, 2.24) is 5.32 Å². The standard InChI is InChI=1S/C10H9NOS.C8H14O2.C2H6/c1-11-10(12)8-4-2-3-7-5-6-13-9(7)8;1-2-3-4-5-6-7-8(9)10;1-2/h2-6H,1H3,(H,11,12);3-4H,2,5-7H2,1H3,(H,9,10);1-2H3/b;4-3-;. The van der Waals surface area contributed by atoms with E-state index < -0.39 is 5.97 Å². The van der Waals surface area contributed by atoms with Crippen LogP contribution in [0.25, 0.3) is 10.1 Å². The molecule has 1 aromatic heterocycles. The van der Waals surface area contributed by atoms with Crippen LogP contribution in [0.4, 0.5) is 0 Å². The number of aliphatic carboxylic acids is 1. The molecule has 0 aliphatic heterocycles. The van der Waals surface area contributed by atoms with Gasteiger partial charge in [-0.15, -0.1) is 11.3 Å². The second kappa shape index (κ2) is 14.2. The van der Waals surface area contributed by atoms with Crippen molar-refractivity contribution in [2.45, 2.75) is 46.5 Å². The van der Waals surface area contributed by atoms with Crippen molar-refractivity contribution < 1.29 is 14.7 Å². The van der Waals surface area contributed by atoms with E-state index in [-0.39, 0.29) is 12.3 Å². The lowest BCUT2D eigenvalue weighted by Crippen LogP contribution is -2.17. The monoisotopic (exact) mass is 363 g/mol. The van der Waals surface area contributed by atoms with E-state index in [0.717, 1.165) is 34.9 Å². The van der Waals surface area contributed by atoms with Gasteiger partial charge in [0.25, 0.3) is 5.91 Å². The summed E-state index contributed by atoms with van der Waals surface area (Å²) in [6.45, 7) is 6.06. The molecule has 0 aliphatic rings. The van der Waals surface area contributed by atoms with Crippen LogP contribution in [0.1, 0.15) is 56.8 Å². The van der Waals surface area contributed by atoms with Gasteiger partial charge in [-0.25, -0.2) is 0 Å². The van der Waals surface area contributed by atoms with Crippen molar-refractivity contribution in [3.05, 3.63) is 47.4 Å². The number of hydrogen-bond acceptors (Lipinski definition) is 3. The molecule has 1 aromatic carbocycles. The number of allylic oxidation sites excluding steroid dienone is 2. The van der Waals surface area contributed by atoms with Crippen LogP contribution in [0.15, 0.2) is 41.8 Å². The maximum Gasteiger partial charge on any atom is 0.303 e. The molecule has 0 spiro atoms. The van der Waals surface area contributed by atoms with Gasteiger partial charge in [-0.3, -0.25) is 9.59 Å². The third kappa shape index (κ3) is 9.05. The van der Waals surface area contributed by atoms with Gasteiger partial charge in [0.15, 0.2) is 0 Å². The average Bonchev–Trinajstić information content (AvgIpc) is 3.11. The van der Waals surface area contributed by atoms with Gasteiger partial charge in [-0.2, -0.15) is 0 Å². The van der Waals surface area contributed by atoms with Gasteiger partial charge < -0.3 is 10.4 Å². The summed E-state index contributed by atoms with van der Waals surface area (Å²) in [6.07, 6.45) is 7.05. The zero-order valence-corrected chi connectivity index (χ0v) is 16.4. The summed E-state index contributed by atoms with van der Waals surface area (Å²) in [4.78, 5) is 21.4. The highest BCUT2D eigenvalue weighted by Crippen LogP contribution is 2.24. The number of carboxylic acid groups (broad SMARTS) is 1. The first kappa shape index (κ1) is 22.9. The van der Waals surface area contributed by atoms with Gasteiger partial charge in [0.1, 0.15) is 0 Å². The lowest BCUT2D eigenvalue weighted by atomic mass is 10.1. The Morgan fingerprint density at radius 2 is 1.92 bits per heavy atom. The first-order valence-electron chi connectivity index (χ1n) is 8.65. The normalized spacial score (nSPS) is 9.76. The third-order valence-corrected chi connectivity index (χ3v) is 4.08. The lowest BCUT2D eigenvalue weighted by Gasteiger charge is -2.00. The van der Waals surface area contributed by atoms with Gasteiger partial charge in [0.05, 0.1) is 5.56 Å². The Labute approximate surface area is 154 Å². The largest absolute Gasteiger partial charge is 0.481 e. The van der Waals surface area contributed by atoms with E-state index in [4.69, 9.17) is 5.11 Å². The van der Waals surface area contributed by atoms with Crippen LogP contribution in [0, 0.1) is 0 Å². The molecular weight excluding hydrogens is 334 g/mol. The molecule has 138 valence electrons. The summed E-state index contributed by atoms with van der Waals surface area (Å²) in [7, 11) is 1.65. The number of unbranched alkanes of at least 4 members (excludes halogenated alkanes) is 1. The maximum atomic E-state index is 11.4. The molecule has 4 nitrogen and oxygen atoms in total. The third-order valence-electron chi connectivity index (χ3n) is 3.11. The SMILES string of the molecule is CC.CC/C=C\CCCC(=O)O.CNC(=O)c1cccc2ccsc12. The van der Waals surface area contributed by atoms with Gasteiger partial charge >= 0.3 is 5.97 Å². The summed E-state index contributed by atoms with van der Waals surface area (Å²) in [5, 5.41) is 14.0. The molecule has 0 saturated carbocycles. The maximum absolute atomic E-state index is 11.4. The van der Waals surface area contributed by atoms with Crippen LogP contribution < -0.4 is 5.32 Å². The second-order valence-corrected chi connectivity index (χ2v) is 5.81. The molecule has 0 radical (unpaired) electrons. The van der Waals surface area contributed by atoms with Crippen LogP contribution in [0.2, 0.25) is 0 Å². The predicted molar refractivity (Wildman–Crippen MR) is 107 cm³/mol. The molecule has 0 saturated heterocycles. The fraction of sp³-hybridized carbons (Fsp3) is 0.400. The van der Waals surface area contributed by atoms with Crippen molar-refractivity contribution in [2.75, 3.05) is 7.05 Å². The fourth-order valence-electron chi connectivity index (χ4n) is 1.96. The molecule has 0 bridgehead atoms. The zero-order chi connectivity index (χ0) is 19.1. The first-order valence-corrected chi connectivity index (χ1v) is 9.53. The molecule has 2 aromatic rings. The Bertz CT molecular complexity index is 662. The zero-order valence-electron chi connectivity index (χ0n) is 15.5. The van der Waals surface area contributed by atoms with E-state index in [1.807, 2.05) is 49.6 Å². The van der Waals surface area contributed by atoms with E-state index in [9.17, 15) is 9.59 Å². The smallest absolute Gasteiger partial charge is 0.303 e. The molecule has 1 amide bonds. The number of benzene rings is 1. The molecule has 1 heterocycles. The predicted octanol–water partition coefficient (Wildman–Crippen LogP) is 5.49. The van der Waals surface area contributed by atoms with Crippen molar-refractivity contribution in [3.8, 4) is 0 Å². The molecule has 25 heavy (non-hydrogen) atoms. The fourth-order valence-corrected chi connectivity index (χ4v) is 2.87. The van der Waals surface area contributed by atoms with E-state index >= 15 is 0 Å². The minimum absolute atomic E-state index is 0.0203. The van der Waals surface area contributed by atoms with E-state index in [0.29, 0.717) is 0 Å². The molecule has 2 N–H and O–H groups in total. The quantitative estimate of drug-likeness (QED) is 0.526. The van der Waals surface area contributed by atoms with Gasteiger partial charge in [-0.1, -0.05) is 45.1 Å². The number of rotatable bonds is 6. The second-order valence-electron chi connectivity index (χ2n) is 4.89. The van der Waals surface area contributed by atoms with Crippen molar-refractivity contribution in [1.29, 1.82) is 0 Å². The molecule has 2 rings (SSSR count). The van der Waals surface area contributed by atoms with Crippen LogP contribution in [0.5, 0.6) is 0 Å². The number of amides is 1. The number of hydrogen-bond donors (Lipinski definition) is 2. The lowest BCUT2D eigenvalue weighted by molar-refractivity contribution is -0.137. The number of carbonyl (C=O) groups excluding carboxylic acids is 1. The molecule has 0 atom stereocenters. The number of fused-ring (bicyclic) bond motifs is 1. The highest BCUT2D eigenvalue weighted by Gasteiger charge is 2.07. The van der Waals surface area contributed by atoms with Crippen LogP contribution >= 0.6 is 11.3 Å². The minimum Gasteiger partial charge on any atom is -0.481 e. The Balaban J connectivity index is 0.000000434. The highest BCUT2D eigenvalue weighted by molar-refractivity contribution is 7.17. The Morgan fingerprint density at radius 1 is 1.20 bits per heavy atom.